The summed E-state index contributed by atoms with van der Waals surface area (Å²) in [5.74, 6) is 0.473. The van der Waals surface area contributed by atoms with Crippen LogP contribution < -0.4 is 4.74 Å². The molecule has 0 bridgehead atoms. The summed E-state index contributed by atoms with van der Waals surface area (Å²) >= 11 is 0. The molecule has 0 aliphatic rings. The van der Waals surface area contributed by atoms with E-state index in [0.29, 0.717) is 18.6 Å². The Morgan fingerprint density at radius 3 is 2.68 bits per heavy atom. The first-order valence-corrected chi connectivity index (χ1v) is 6.48. The highest BCUT2D eigenvalue weighted by Gasteiger charge is 2.08. The van der Waals surface area contributed by atoms with Gasteiger partial charge in [0.2, 0.25) is 0 Å². The van der Waals surface area contributed by atoms with Gasteiger partial charge in [-0.2, -0.15) is 0 Å². The van der Waals surface area contributed by atoms with E-state index in [1.807, 2.05) is 6.92 Å². The number of aliphatic hydroxyl groups excluding tert-OH is 2. The van der Waals surface area contributed by atoms with Crippen LogP contribution in [0.1, 0.15) is 31.7 Å². The minimum absolute atomic E-state index is 0.0820. The third-order valence-corrected chi connectivity index (χ3v) is 2.85. The predicted octanol–water partition coefficient (Wildman–Crippen LogP) is 2.33. The van der Waals surface area contributed by atoms with E-state index in [1.165, 1.54) is 13.2 Å². The zero-order chi connectivity index (χ0) is 14.3. The highest BCUT2D eigenvalue weighted by atomic mass is 16.5. The first kappa shape index (κ1) is 15.5. The second-order valence-corrected chi connectivity index (χ2v) is 4.54. The minimum Gasteiger partial charge on any atom is -0.504 e. The number of aliphatic hydroxyl groups is 2. The third-order valence-electron chi connectivity index (χ3n) is 2.85. The van der Waals surface area contributed by atoms with Gasteiger partial charge in [0.1, 0.15) is 0 Å². The predicted molar refractivity (Wildman–Crippen MR) is 75.2 cm³/mol. The van der Waals surface area contributed by atoms with Crippen LogP contribution in [0.5, 0.6) is 11.5 Å². The van der Waals surface area contributed by atoms with Gasteiger partial charge in [-0.25, -0.2) is 0 Å². The Morgan fingerprint density at radius 2 is 2.05 bits per heavy atom. The van der Waals surface area contributed by atoms with Crippen LogP contribution in [-0.4, -0.2) is 34.6 Å². The van der Waals surface area contributed by atoms with Crippen LogP contribution in [-0.2, 0) is 0 Å². The summed E-state index contributed by atoms with van der Waals surface area (Å²) in [5.41, 5.74) is 0.818. The molecule has 2 atom stereocenters. The zero-order valence-corrected chi connectivity index (χ0v) is 11.4. The molecular weight excluding hydrogens is 244 g/mol. The largest absolute Gasteiger partial charge is 0.504 e. The van der Waals surface area contributed by atoms with Crippen LogP contribution in [0, 0.1) is 0 Å². The maximum atomic E-state index is 9.76. The quantitative estimate of drug-likeness (QED) is 0.708. The second kappa shape index (κ2) is 7.81. The third kappa shape index (κ3) is 5.32. The van der Waals surface area contributed by atoms with Crippen LogP contribution in [0.25, 0.3) is 6.08 Å². The Hall–Kier alpha value is -1.52. The van der Waals surface area contributed by atoms with Gasteiger partial charge >= 0.3 is 0 Å². The number of benzene rings is 1. The summed E-state index contributed by atoms with van der Waals surface area (Å²) in [6.45, 7) is 1.99. The molecule has 0 radical (unpaired) electrons. The molecule has 0 fully saturated rings. The lowest BCUT2D eigenvalue weighted by Crippen LogP contribution is -2.15. The molecule has 1 aromatic carbocycles. The topological polar surface area (TPSA) is 69.9 Å². The monoisotopic (exact) mass is 266 g/mol. The van der Waals surface area contributed by atoms with Gasteiger partial charge in [0.15, 0.2) is 11.5 Å². The molecule has 2 unspecified atom stereocenters. The second-order valence-electron chi connectivity index (χ2n) is 4.54. The number of phenols is 1. The molecule has 0 saturated heterocycles. The van der Waals surface area contributed by atoms with Gasteiger partial charge in [0.05, 0.1) is 19.3 Å². The van der Waals surface area contributed by atoms with Gasteiger partial charge in [0.25, 0.3) is 0 Å². The number of hydrogen-bond acceptors (Lipinski definition) is 4. The fraction of sp³-hybridized carbons (Fsp3) is 0.467. The SMILES string of the molecule is CCCC(O)CC(O)/C=C/c1ccc(O)c(OC)c1. The summed E-state index contributed by atoms with van der Waals surface area (Å²) in [6, 6.07) is 4.95. The van der Waals surface area contributed by atoms with Crippen molar-refractivity contribution in [1.29, 1.82) is 0 Å². The van der Waals surface area contributed by atoms with Gasteiger partial charge in [-0.1, -0.05) is 31.6 Å². The molecule has 0 amide bonds. The minimum atomic E-state index is -0.679. The summed E-state index contributed by atoms with van der Waals surface area (Å²) < 4.78 is 5.00. The van der Waals surface area contributed by atoms with Crippen LogP contribution in [0.4, 0.5) is 0 Å². The molecular formula is C15H22O4. The number of rotatable bonds is 7. The smallest absolute Gasteiger partial charge is 0.161 e. The average molecular weight is 266 g/mol. The Kier molecular flexibility index (Phi) is 6.39. The molecule has 0 aliphatic carbocycles. The van der Waals surface area contributed by atoms with Gasteiger partial charge in [-0.05, 0) is 24.1 Å². The number of phenolic OH excluding ortho intramolecular Hbond substituents is 1. The molecule has 0 saturated carbocycles. The fourth-order valence-electron chi connectivity index (χ4n) is 1.83. The van der Waals surface area contributed by atoms with Crippen molar-refractivity contribution in [3.05, 3.63) is 29.8 Å². The van der Waals surface area contributed by atoms with Crippen molar-refractivity contribution in [2.24, 2.45) is 0 Å². The Bertz CT molecular complexity index is 415. The van der Waals surface area contributed by atoms with E-state index >= 15 is 0 Å². The van der Waals surface area contributed by atoms with E-state index in [1.54, 1.807) is 24.3 Å². The van der Waals surface area contributed by atoms with E-state index in [9.17, 15) is 15.3 Å². The van der Waals surface area contributed by atoms with Crippen molar-refractivity contribution in [3.8, 4) is 11.5 Å². The lowest BCUT2D eigenvalue weighted by molar-refractivity contribution is 0.0976. The Labute approximate surface area is 114 Å². The van der Waals surface area contributed by atoms with Crippen molar-refractivity contribution in [2.45, 2.75) is 38.4 Å². The summed E-state index contributed by atoms with van der Waals surface area (Å²) in [6.07, 6.45) is 4.14. The molecule has 106 valence electrons. The maximum absolute atomic E-state index is 9.76. The highest BCUT2D eigenvalue weighted by molar-refractivity contribution is 5.55. The van der Waals surface area contributed by atoms with Crippen LogP contribution >= 0.6 is 0 Å². The first-order valence-electron chi connectivity index (χ1n) is 6.48. The summed E-state index contributed by atoms with van der Waals surface area (Å²) in [5, 5.41) is 28.8. The zero-order valence-electron chi connectivity index (χ0n) is 11.4. The molecule has 1 aromatic rings. The molecule has 4 heteroatoms. The summed E-state index contributed by atoms with van der Waals surface area (Å²) in [7, 11) is 1.48. The molecule has 1 rings (SSSR count). The van der Waals surface area contributed by atoms with Crippen LogP contribution in [0.15, 0.2) is 24.3 Å². The van der Waals surface area contributed by atoms with Crippen molar-refractivity contribution in [1.82, 2.24) is 0 Å². The van der Waals surface area contributed by atoms with Gasteiger partial charge in [-0.15, -0.1) is 0 Å². The van der Waals surface area contributed by atoms with Crippen molar-refractivity contribution in [2.75, 3.05) is 7.11 Å². The van der Waals surface area contributed by atoms with Gasteiger partial charge < -0.3 is 20.1 Å². The number of ether oxygens (including phenoxy) is 1. The van der Waals surface area contributed by atoms with Crippen molar-refractivity contribution in [3.63, 3.8) is 0 Å². The molecule has 0 aromatic heterocycles. The molecule has 4 nitrogen and oxygen atoms in total. The fourth-order valence-corrected chi connectivity index (χ4v) is 1.83. The molecule has 19 heavy (non-hydrogen) atoms. The van der Waals surface area contributed by atoms with Gasteiger partial charge in [0, 0.05) is 6.42 Å². The maximum Gasteiger partial charge on any atom is 0.161 e. The van der Waals surface area contributed by atoms with Crippen molar-refractivity contribution < 1.29 is 20.1 Å². The Balaban J connectivity index is 2.60. The number of methoxy groups -OCH3 is 1. The number of hydrogen-bond donors (Lipinski definition) is 3. The highest BCUT2D eigenvalue weighted by Crippen LogP contribution is 2.26. The average Bonchev–Trinajstić information content (AvgIpc) is 2.38. The Morgan fingerprint density at radius 1 is 1.32 bits per heavy atom. The van der Waals surface area contributed by atoms with Crippen molar-refractivity contribution >= 4 is 6.08 Å². The van der Waals surface area contributed by atoms with Gasteiger partial charge in [-0.3, -0.25) is 0 Å². The normalized spacial score (nSPS) is 14.5. The van der Waals surface area contributed by atoms with E-state index in [4.69, 9.17) is 4.74 Å². The molecule has 0 heterocycles. The molecule has 0 spiro atoms. The number of aromatic hydroxyl groups is 1. The van der Waals surface area contributed by atoms with E-state index in [2.05, 4.69) is 0 Å². The lowest BCUT2D eigenvalue weighted by Gasteiger charge is -2.11. The first-order chi connectivity index (χ1) is 9.06. The van der Waals surface area contributed by atoms with E-state index < -0.39 is 12.2 Å². The van der Waals surface area contributed by atoms with Crippen LogP contribution in [0.2, 0.25) is 0 Å². The molecule has 3 N–H and O–H groups in total. The van der Waals surface area contributed by atoms with E-state index in [-0.39, 0.29) is 5.75 Å². The standard InChI is InChI=1S/C15H22O4/c1-3-4-12(16)10-13(17)7-5-11-6-8-14(18)15(9-11)19-2/h5-9,12-13,16-18H,3-4,10H2,1-2H3/b7-5+. The molecule has 0 aliphatic heterocycles. The van der Waals surface area contributed by atoms with Crippen LogP contribution in [0.3, 0.4) is 0 Å². The van der Waals surface area contributed by atoms with E-state index in [0.717, 1.165) is 12.0 Å². The summed E-state index contributed by atoms with van der Waals surface area (Å²) in [4.78, 5) is 0. The lowest BCUT2D eigenvalue weighted by atomic mass is 10.1.